The van der Waals surface area contributed by atoms with Crippen LogP contribution in [0.5, 0.6) is 0 Å². The van der Waals surface area contributed by atoms with Crippen molar-refractivity contribution in [3.05, 3.63) is 30.0 Å². The maximum Gasteiger partial charge on any atom is 0.0650 e. The molecule has 1 aromatic heterocycles. The molecule has 0 bridgehead atoms. The Labute approximate surface area is 84.3 Å². The molecule has 0 aliphatic heterocycles. The number of rotatable bonds is 3. The Balaban J connectivity index is 2.42. The Morgan fingerprint density at radius 2 is 2.07 bits per heavy atom. The van der Waals surface area contributed by atoms with E-state index in [-0.39, 0.29) is 0 Å². The van der Waals surface area contributed by atoms with E-state index in [1.807, 2.05) is 6.20 Å². The quantitative estimate of drug-likeness (QED) is 0.785. The highest BCUT2D eigenvalue weighted by Gasteiger charge is 2.07. The molecule has 14 heavy (non-hydrogen) atoms. The SMILES string of the molecule is CCC(CC)c1ccc2[nH]ncc2c1. The Morgan fingerprint density at radius 1 is 1.29 bits per heavy atom. The molecule has 0 amide bonds. The lowest BCUT2D eigenvalue weighted by atomic mass is 9.93. The summed E-state index contributed by atoms with van der Waals surface area (Å²) in [5, 5.41) is 8.22. The molecular weight excluding hydrogens is 172 g/mol. The molecule has 2 aromatic rings. The van der Waals surface area contributed by atoms with Gasteiger partial charge in [0.25, 0.3) is 0 Å². The van der Waals surface area contributed by atoms with Gasteiger partial charge in [-0.3, -0.25) is 5.10 Å². The number of hydrogen-bond acceptors (Lipinski definition) is 1. The van der Waals surface area contributed by atoms with Crippen LogP contribution in [0.15, 0.2) is 24.4 Å². The van der Waals surface area contributed by atoms with Crippen LogP contribution in [0.25, 0.3) is 10.9 Å². The smallest absolute Gasteiger partial charge is 0.0650 e. The normalized spacial score (nSPS) is 11.4. The molecule has 74 valence electrons. The number of nitrogens with zero attached hydrogens (tertiary/aromatic N) is 1. The van der Waals surface area contributed by atoms with Crippen LogP contribution in [-0.2, 0) is 0 Å². The Bertz CT molecular complexity index is 413. The lowest BCUT2D eigenvalue weighted by Gasteiger charge is -2.12. The summed E-state index contributed by atoms with van der Waals surface area (Å²) in [5.74, 6) is 0.689. The van der Waals surface area contributed by atoms with Crippen molar-refractivity contribution in [1.29, 1.82) is 0 Å². The number of aromatic amines is 1. The zero-order valence-electron chi connectivity index (χ0n) is 8.75. The van der Waals surface area contributed by atoms with Crippen LogP contribution in [0.3, 0.4) is 0 Å². The van der Waals surface area contributed by atoms with Crippen molar-refractivity contribution < 1.29 is 0 Å². The largest absolute Gasteiger partial charge is 0.278 e. The van der Waals surface area contributed by atoms with Gasteiger partial charge >= 0.3 is 0 Å². The highest BCUT2D eigenvalue weighted by Crippen LogP contribution is 2.25. The zero-order valence-corrected chi connectivity index (χ0v) is 8.75. The van der Waals surface area contributed by atoms with Crippen LogP contribution >= 0.6 is 0 Å². The van der Waals surface area contributed by atoms with Crippen molar-refractivity contribution in [3.8, 4) is 0 Å². The minimum atomic E-state index is 0.689. The van der Waals surface area contributed by atoms with Gasteiger partial charge in [-0.1, -0.05) is 19.9 Å². The second-order valence-corrected chi connectivity index (χ2v) is 3.73. The van der Waals surface area contributed by atoms with Gasteiger partial charge in [-0.2, -0.15) is 5.10 Å². The van der Waals surface area contributed by atoms with Crippen molar-refractivity contribution >= 4 is 10.9 Å². The lowest BCUT2D eigenvalue weighted by Crippen LogP contribution is -1.94. The summed E-state index contributed by atoms with van der Waals surface area (Å²) < 4.78 is 0. The summed E-state index contributed by atoms with van der Waals surface area (Å²) in [6.45, 7) is 4.49. The molecule has 0 saturated carbocycles. The van der Waals surface area contributed by atoms with Crippen LogP contribution < -0.4 is 0 Å². The number of fused-ring (bicyclic) bond motifs is 1. The van der Waals surface area contributed by atoms with E-state index < -0.39 is 0 Å². The van der Waals surface area contributed by atoms with Crippen molar-refractivity contribution in [1.82, 2.24) is 10.2 Å². The number of hydrogen-bond donors (Lipinski definition) is 1. The van der Waals surface area contributed by atoms with Gasteiger partial charge in [0.05, 0.1) is 11.7 Å². The highest BCUT2D eigenvalue weighted by molar-refractivity contribution is 5.78. The van der Waals surface area contributed by atoms with E-state index in [0.29, 0.717) is 5.92 Å². The van der Waals surface area contributed by atoms with Gasteiger partial charge in [-0.25, -0.2) is 0 Å². The molecule has 0 fully saturated rings. The van der Waals surface area contributed by atoms with Gasteiger partial charge < -0.3 is 0 Å². The van der Waals surface area contributed by atoms with Gasteiger partial charge in [-0.05, 0) is 36.5 Å². The molecule has 1 heterocycles. The average Bonchev–Trinajstić information content (AvgIpc) is 2.66. The third-order valence-corrected chi connectivity index (χ3v) is 2.92. The van der Waals surface area contributed by atoms with Crippen molar-refractivity contribution in [2.75, 3.05) is 0 Å². The minimum Gasteiger partial charge on any atom is -0.278 e. The fourth-order valence-corrected chi connectivity index (χ4v) is 1.98. The fraction of sp³-hybridized carbons (Fsp3) is 0.417. The molecular formula is C12H16N2. The second-order valence-electron chi connectivity index (χ2n) is 3.73. The van der Waals surface area contributed by atoms with E-state index in [2.05, 4.69) is 42.2 Å². The van der Waals surface area contributed by atoms with Gasteiger partial charge in [0, 0.05) is 5.39 Å². The van der Waals surface area contributed by atoms with Crippen LogP contribution in [-0.4, -0.2) is 10.2 Å². The Hall–Kier alpha value is -1.31. The van der Waals surface area contributed by atoms with E-state index in [1.54, 1.807) is 0 Å². The zero-order chi connectivity index (χ0) is 9.97. The van der Waals surface area contributed by atoms with Crippen LogP contribution in [0, 0.1) is 0 Å². The first-order chi connectivity index (χ1) is 6.85. The van der Waals surface area contributed by atoms with Gasteiger partial charge in [0.2, 0.25) is 0 Å². The molecule has 2 heteroatoms. The van der Waals surface area contributed by atoms with E-state index in [9.17, 15) is 0 Å². The maximum atomic E-state index is 4.03. The van der Waals surface area contributed by atoms with Crippen molar-refractivity contribution in [2.24, 2.45) is 0 Å². The molecule has 0 unspecified atom stereocenters. The predicted octanol–water partition coefficient (Wildman–Crippen LogP) is 3.47. The molecule has 0 aliphatic carbocycles. The summed E-state index contributed by atoms with van der Waals surface area (Å²) in [7, 11) is 0. The topological polar surface area (TPSA) is 28.7 Å². The Morgan fingerprint density at radius 3 is 2.79 bits per heavy atom. The summed E-state index contributed by atoms with van der Waals surface area (Å²) >= 11 is 0. The van der Waals surface area contributed by atoms with Crippen LogP contribution in [0.4, 0.5) is 0 Å². The summed E-state index contributed by atoms with van der Waals surface area (Å²) in [6, 6.07) is 6.57. The highest BCUT2D eigenvalue weighted by atomic mass is 15.1. The average molecular weight is 188 g/mol. The molecule has 2 nitrogen and oxygen atoms in total. The van der Waals surface area contributed by atoms with Gasteiger partial charge in [0.1, 0.15) is 0 Å². The van der Waals surface area contributed by atoms with E-state index in [0.717, 1.165) is 5.52 Å². The van der Waals surface area contributed by atoms with E-state index >= 15 is 0 Å². The first-order valence-electron chi connectivity index (χ1n) is 5.28. The number of nitrogens with one attached hydrogen (secondary N) is 1. The van der Waals surface area contributed by atoms with Crippen LogP contribution in [0.2, 0.25) is 0 Å². The van der Waals surface area contributed by atoms with Crippen molar-refractivity contribution in [3.63, 3.8) is 0 Å². The van der Waals surface area contributed by atoms with Gasteiger partial charge in [0.15, 0.2) is 0 Å². The third-order valence-electron chi connectivity index (χ3n) is 2.92. The maximum absolute atomic E-state index is 4.03. The van der Waals surface area contributed by atoms with E-state index in [1.165, 1.54) is 23.8 Å². The first kappa shape index (κ1) is 9.25. The molecule has 0 atom stereocenters. The molecule has 0 aliphatic rings. The summed E-state index contributed by atoms with van der Waals surface area (Å²) in [5.41, 5.74) is 2.56. The lowest BCUT2D eigenvalue weighted by molar-refractivity contribution is 0.643. The Kier molecular flexibility index (Phi) is 2.53. The standard InChI is InChI=1S/C12H16N2/c1-3-9(4-2)10-5-6-12-11(7-10)8-13-14-12/h5-9H,3-4H2,1-2H3,(H,13,14). The summed E-state index contributed by atoms with van der Waals surface area (Å²) in [4.78, 5) is 0. The minimum absolute atomic E-state index is 0.689. The van der Waals surface area contributed by atoms with Gasteiger partial charge in [-0.15, -0.1) is 0 Å². The number of aromatic nitrogens is 2. The summed E-state index contributed by atoms with van der Waals surface area (Å²) in [6.07, 6.45) is 4.31. The monoisotopic (exact) mass is 188 g/mol. The second kappa shape index (κ2) is 3.82. The first-order valence-corrected chi connectivity index (χ1v) is 5.28. The molecule has 1 N–H and O–H groups in total. The predicted molar refractivity (Wildman–Crippen MR) is 59.4 cm³/mol. The molecule has 0 saturated heterocycles. The molecule has 1 aromatic carbocycles. The molecule has 0 radical (unpaired) electrons. The molecule has 2 rings (SSSR count). The number of benzene rings is 1. The number of H-pyrrole nitrogens is 1. The molecule has 0 spiro atoms. The van der Waals surface area contributed by atoms with Crippen molar-refractivity contribution in [2.45, 2.75) is 32.6 Å². The van der Waals surface area contributed by atoms with E-state index in [4.69, 9.17) is 0 Å². The third kappa shape index (κ3) is 1.52. The van der Waals surface area contributed by atoms with Crippen LogP contribution in [0.1, 0.15) is 38.2 Å². The fourth-order valence-electron chi connectivity index (χ4n) is 1.98.